The topological polar surface area (TPSA) is 6.48 Å². The molecule has 0 bridgehead atoms. The Hall–Kier alpha value is 0.270. The summed E-state index contributed by atoms with van der Waals surface area (Å²) in [7, 11) is 0. The van der Waals surface area contributed by atoms with Gasteiger partial charge in [0.25, 0.3) is 0 Å². The first-order valence-corrected chi connectivity index (χ1v) is 8.49. The van der Waals surface area contributed by atoms with Crippen LogP contribution in [0.4, 0.5) is 0 Å². The van der Waals surface area contributed by atoms with Crippen molar-refractivity contribution in [1.82, 2.24) is 9.80 Å². The highest BCUT2D eigenvalue weighted by Gasteiger charge is 2.42. The summed E-state index contributed by atoms with van der Waals surface area (Å²) in [6, 6.07) is 0. The predicted molar refractivity (Wildman–Crippen MR) is 80.4 cm³/mol. The van der Waals surface area contributed by atoms with Gasteiger partial charge in [-0.2, -0.15) is 12.6 Å². The molecule has 0 amide bonds. The van der Waals surface area contributed by atoms with Crippen LogP contribution in [0.3, 0.4) is 0 Å². The Bertz CT molecular complexity index is 264. The van der Waals surface area contributed by atoms with E-state index >= 15 is 0 Å². The van der Waals surface area contributed by atoms with E-state index in [2.05, 4.69) is 22.4 Å². The number of likely N-dealkylation sites (tertiary alicyclic amines) is 2. The van der Waals surface area contributed by atoms with Crippen molar-refractivity contribution in [3.63, 3.8) is 0 Å². The van der Waals surface area contributed by atoms with Gasteiger partial charge in [0.2, 0.25) is 0 Å². The van der Waals surface area contributed by atoms with Crippen molar-refractivity contribution in [2.75, 3.05) is 45.0 Å². The summed E-state index contributed by atoms with van der Waals surface area (Å²) in [5.74, 6) is 2.08. The lowest BCUT2D eigenvalue weighted by Gasteiger charge is -2.35. The number of nitrogens with zero attached hydrogens (tertiary/aromatic N) is 2. The molecule has 0 radical (unpaired) electrons. The lowest BCUT2D eigenvalue weighted by molar-refractivity contribution is 0.137. The maximum atomic E-state index is 4.53. The normalized spacial score (nSPS) is 29.8. The van der Waals surface area contributed by atoms with Crippen molar-refractivity contribution in [1.29, 1.82) is 0 Å². The van der Waals surface area contributed by atoms with Gasteiger partial charge in [0.1, 0.15) is 0 Å². The average Bonchev–Trinajstić information content (AvgIpc) is 2.98. The van der Waals surface area contributed by atoms with E-state index in [1.54, 1.807) is 0 Å². The van der Waals surface area contributed by atoms with Gasteiger partial charge in [-0.1, -0.05) is 0 Å². The first kappa shape index (κ1) is 13.3. The summed E-state index contributed by atoms with van der Waals surface area (Å²) in [6.07, 6.45) is 8.57. The van der Waals surface area contributed by atoms with Gasteiger partial charge in [-0.15, -0.1) is 0 Å². The Kier molecular flexibility index (Phi) is 4.21. The molecule has 0 spiro atoms. The van der Waals surface area contributed by atoms with E-state index in [4.69, 9.17) is 0 Å². The summed E-state index contributed by atoms with van der Waals surface area (Å²) < 4.78 is 0. The van der Waals surface area contributed by atoms with Crippen LogP contribution in [-0.2, 0) is 0 Å². The zero-order valence-electron chi connectivity index (χ0n) is 11.6. The quantitative estimate of drug-likeness (QED) is 0.766. The summed E-state index contributed by atoms with van der Waals surface area (Å²) >= 11 is 4.53. The standard InChI is InChI=1S/C15H28N2S/c18-13-15(5-6-15)12-17-9-3-14(4-10-17)11-16-7-1-2-8-16/h14,18H,1-13H2. The Balaban J connectivity index is 1.38. The minimum atomic E-state index is 0.616. The van der Waals surface area contributed by atoms with Gasteiger partial charge < -0.3 is 9.80 Å². The number of hydrogen-bond acceptors (Lipinski definition) is 3. The maximum absolute atomic E-state index is 4.53. The molecular formula is C15H28N2S. The van der Waals surface area contributed by atoms with Crippen LogP contribution >= 0.6 is 12.6 Å². The third kappa shape index (κ3) is 3.23. The lowest BCUT2D eigenvalue weighted by Crippen LogP contribution is -2.41. The Morgan fingerprint density at radius 1 is 0.944 bits per heavy atom. The van der Waals surface area contributed by atoms with Crippen LogP contribution in [-0.4, -0.2) is 54.8 Å². The molecule has 3 heteroatoms. The van der Waals surface area contributed by atoms with Gasteiger partial charge in [-0.25, -0.2) is 0 Å². The molecule has 2 aliphatic heterocycles. The van der Waals surface area contributed by atoms with E-state index in [1.807, 2.05) is 0 Å². The molecule has 0 unspecified atom stereocenters. The van der Waals surface area contributed by atoms with Crippen LogP contribution in [0.2, 0.25) is 0 Å². The number of thiol groups is 1. The predicted octanol–water partition coefficient (Wildman–Crippen LogP) is 2.50. The number of rotatable bonds is 5. The Morgan fingerprint density at radius 2 is 1.61 bits per heavy atom. The number of hydrogen-bond donors (Lipinski definition) is 1. The molecule has 3 aliphatic rings. The second kappa shape index (κ2) is 5.72. The Morgan fingerprint density at radius 3 is 2.17 bits per heavy atom. The fraction of sp³-hybridized carbons (Fsp3) is 1.00. The minimum Gasteiger partial charge on any atom is -0.303 e. The summed E-state index contributed by atoms with van der Waals surface area (Å²) in [5, 5.41) is 0. The van der Waals surface area contributed by atoms with Gasteiger partial charge in [0.15, 0.2) is 0 Å². The third-order valence-electron chi connectivity index (χ3n) is 5.27. The summed E-state index contributed by atoms with van der Waals surface area (Å²) in [6.45, 7) is 8.12. The molecule has 0 aromatic rings. The van der Waals surface area contributed by atoms with Crippen LogP contribution < -0.4 is 0 Å². The second-order valence-corrected chi connectivity index (χ2v) is 7.20. The van der Waals surface area contributed by atoms with Crippen molar-refractivity contribution in [3.8, 4) is 0 Å². The van der Waals surface area contributed by atoms with Gasteiger partial charge in [0.05, 0.1) is 0 Å². The lowest BCUT2D eigenvalue weighted by atomic mass is 9.95. The van der Waals surface area contributed by atoms with Gasteiger partial charge in [-0.05, 0) is 81.8 Å². The van der Waals surface area contributed by atoms with Crippen LogP contribution in [0.1, 0.15) is 38.5 Å². The smallest absolute Gasteiger partial charge is 0.00458 e. The van der Waals surface area contributed by atoms with Crippen LogP contribution in [0.15, 0.2) is 0 Å². The molecule has 2 heterocycles. The van der Waals surface area contributed by atoms with Crippen LogP contribution in [0, 0.1) is 11.3 Å². The zero-order valence-corrected chi connectivity index (χ0v) is 12.5. The van der Waals surface area contributed by atoms with E-state index in [0.29, 0.717) is 5.41 Å². The second-order valence-electron chi connectivity index (χ2n) is 6.89. The molecule has 0 N–H and O–H groups in total. The van der Waals surface area contributed by atoms with Gasteiger partial charge >= 0.3 is 0 Å². The fourth-order valence-electron chi connectivity index (χ4n) is 3.67. The highest BCUT2D eigenvalue weighted by molar-refractivity contribution is 7.80. The molecule has 104 valence electrons. The van der Waals surface area contributed by atoms with Crippen molar-refractivity contribution < 1.29 is 0 Å². The molecule has 1 saturated carbocycles. The van der Waals surface area contributed by atoms with Gasteiger partial charge in [-0.3, -0.25) is 0 Å². The third-order valence-corrected chi connectivity index (χ3v) is 5.94. The summed E-state index contributed by atoms with van der Waals surface area (Å²) in [5.41, 5.74) is 0.616. The van der Waals surface area contributed by atoms with Crippen LogP contribution in [0.5, 0.6) is 0 Å². The van der Waals surface area contributed by atoms with E-state index in [-0.39, 0.29) is 0 Å². The molecule has 18 heavy (non-hydrogen) atoms. The highest BCUT2D eigenvalue weighted by Crippen LogP contribution is 2.47. The van der Waals surface area contributed by atoms with Crippen molar-refractivity contribution in [3.05, 3.63) is 0 Å². The summed E-state index contributed by atoms with van der Waals surface area (Å²) in [4.78, 5) is 5.40. The fourth-order valence-corrected chi connectivity index (χ4v) is 4.09. The number of piperidine rings is 1. The Labute approximate surface area is 118 Å². The zero-order chi connectivity index (χ0) is 12.4. The van der Waals surface area contributed by atoms with Gasteiger partial charge in [0, 0.05) is 13.1 Å². The van der Waals surface area contributed by atoms with Crippen molar-refractivity contribution in [2.24, 2.45) is 11.3 Å². The van der Waals surface area contributed by atoms with Crippen molar-refractivity contribution >= 4 is 12.6 Å². The van der Waals surface area contributed by atoms with E-state index in [1.165, 1.54) is 77.8 Å². The highest BCUT2D eigenvalue weighted by atomic mass is 32.1. The molecule has 2 nitrogen and oxygen atoms in total. The maximum Gasteiger partial charge on any atom is 0.00458 e. The molecule has 3 rings (SSSR count). The minimum absolute atomic E-state index is 0.616. The monoisotopic (exact) mass is 268 g/mol. The molecule has 1 aliphatic carbocycles. The largest absolute Gasteiger partial charge is 0.303 e. The van der Waals surface area contributed by atoms with Crippen LogP contribution in [0.25, 0.3) is 0 Å². The average molecular weight is 268 g/mol. The SMILES string of the molecule is SCC1(CN2CCC(CN3CCCC3)CC2)CC1. The molecule has 0 atom stereocenters. The molecule has 2 saturated heterocycles. The van der Waals surface area contributed by atoms with Crippen molar-refractivity contribution in [2.45, 2.75) is 38.5 Å². The molecule has 0 aromatic heterocycles. The first-order chi connectivity index (χ1) is 8.80. The van der Waals surface area contributed by atoms with E-state index in [0.717, 1.165) is 11.7 Å². The first-order valence-electron chi connectivity index (χ1n) is 7.85. The molecular weight excluding hydrogens is 240 g/mol. The molecule has 0 aromatic carbocycles. The molecule has 3 fully saturated rings. The van der Waals surface area contributed by atoms with E-state index < -0.39 is 0 Å². The van der Waals surface area contributed by atoms with E-state index in [9.17, 15) is 0 Å².